The maximum atomic E-state index is 12.3. The molecule has 0 aliphatic carbocycles. The van der Waals surface area contributed by atoms with Gasteiger partial charge >= 0.3 is 0 Å². The standard InChI is InChI=1S/C17H25N3O2/c1-17(2,3)14-6-4-5-7-15(14)18-16(22)12-19-8-10-20(13-21)11-9-19/h4-7,13H,8-12H2,1-3H3,(H,18,22). The number of hydrogen-bond donors (Lipinski definition) is 1. The summed E-state index contributed by atoms with van der Waals surface area (Å²) in [4.78, 5) is 26.8. The van der Waals surface area contributed by atoms with Crippen LogP contribution in [0.25, 0.3) is 0 Å². The van der Waals surface area contributed by atoms with Crippen LogP contribution in [-0.2, 0) is 15.0 Å². The molecule has 0 saturated carbocycles. The number of para-hydroxylation sites is 1. The molecule has 1 heterocycles. The smallest absolute Gasteiger partial charge is 0.238 e. The molecule has 0 unspecified atom stereocenters. The SMILES string of the molecule is CC(C)(C)c1ccccc1NC(=O)CN1CCN(C=O)CC1. The maximum absolute atomic E-state index is 12.3. The molecule has 5 heteroatoms. The molecule has 0 aromatic heterocycles. The van der Waals surface area contributed by atoms with Gasteiger partial charge in [-0.2, -0.15) is 0 Å². The highest BCUT2D eigenvalue weighted by Crippen LogP contribution is 2.29. The first-order valence-corrected chi connectivity index (χ1v) is 7.71. The molecule has 1 N–H and O–H groups in total. The Labute approximate surface area is 132 Å². The fraction of sp³-hybridized carbons (Fsp3) is 0.529. The molecule has 2 rings (SSSR count). The molecule has 2 amide bonds. The lowest BCUT2D eigenvalue weighted by molar-refractivity contribution is -0.120. The Kier molecular flexibility index (Phi) is 5.19. The van der Waals surface area contributed by atoms with Gasteiger partial charge in [0.25, 0.3) is 0 Å². The van der Waals surface area contributed by atoms with E-state index in [1.165, 1.54) is 0 Å². The van der Waals surface area contributed by atoms with Crippen molar-refractivity contribution in [2.24, 2.45) is 0 Å². The predicted molar refractivity (Wildman–Crippen MR) is 87.8 cm³/mol. The van der Waals surface area contributed by atoms with E-state index in [1.54, 1.807) is 4.90 Å². The Balaban J connectivity index is 1.94. The molecule has 1 aliphatic heterocycles. The van der Waals surface area contributed by atoms with Crippen LogP contribution in [0.1, 0.15) is 26.3 Å². The van der Waals surface area contributed by atoms with E-state index in [0.717, 1.165) is 30.8 Å². The van der Waals surface area contributed by atoms with E-state index in [2.05, 4.69) is 37.1 Å². The van der Waals surface area contributed by atoms with E-state index >= 15 is 0 Å². The molecule has 0 atom stereocenters. The second-order valence-electron chi connectivity index (χ2n) is 6.76. The zero-order valence-corrected chi connectivity index (χ0v) is 13.6. The van der Waals surface area contributed by atoms with Crippen molar-refractivity contribution in [3.63, 3.8) is 0 Å². The highest BCUT2D eigenvalue weighted by molar-refractivity contribution is 5.93. The van der Waals surface area contributed by atoms with Crippen LogP contribution in [0.5, 0.6) is 0 Å². The Bertz CT molecular complexity index is 529. The Morgan fingerprint density at radius 1 is 1.18 bits per heavy atom. The number of piperazine rings is 1. The lowest BCUT2D eigenvalue weighted by Gasteiger charge is -2.32. The van der Waals surface area contributed by atoms with Crippen molar-refractivity contribution in [1.82, 2.24) is 9.80 Å². The maximum Gasteiger partial charge on any atom is 0.238 e. The lowest BCUT2D eigenvalue weighted by Crippen LogP contribution is -2.48. The summed E-state index contributed by atoms with van der Waals surface area (Å²) in [6, 6.07) is 7.93. The van der Waals surface area contributed by atoms with Crippen molar-refractivity contribution < 1.29 is 9.59 Å². The van der Waals surface area contributed by atoms with Crippen molar-refractivity contribution in [2.45, 2.75) is 26.2 Å². The van der Waals surface area contributed by atoms with E-state index in [0.29, 0.717) is 19.6 Å². The van der Waals surface area contributed by atoms with Gasteiger partial charge in [-0.3, -0.25) is 14.5 Å². The average Bonchev–Trinajstić information content (AvgIpc) is 2.47. The van der Waals surface area contributed by atoms with Gasteiger partial charge in [-0.15, -0.1) is 0 Å². The highest BCUT2D eigenvalue weighted by Gasteiger charge is 2.21. The van der Waals surface area contributed by atoms with Crippen molar-refractivity contribution in [3.8, 4) is 0 Å². The molecule has 0 spiro atoms. The first kappa shape index (κ1) is 16.5. The number of amides is 2. The minimum atomic E-state index is -0.0144. The zero-order valence-electron chi connectivity index (χ0n) is 13.6. The lowest BCUT2D eigenvalue weighted by atomic mass is 9.86. The number of nitrogens with one attached hydrogen (secondary N) is 1. The molecule has 5 nitrogen and oxygen atoms in total. The monoisotopic (exact) mass is 303 g/mol. The third-order valence-electron chi connectivity index (χ3n) is 3.93. The van der Waals surface area contributed by atoms with Crippen molar-refractivity contribution in [3.05, 3.63) is 29.8 Å². The second-order valence-corrected chi connectivity index (χ2v) is 6.76. The van der Waals surface area contributed by atoms with Gasteiger partial charge in [-0.25, -0.2) is 0 Å². The van der Waals surface area contributed by atoms with Gasteiger partial charge in [-0.05, 0) is 17.0 Å². The van der Waals surface area contributed by atoms with Gasteiger partial charge in [0.05, 0.1) is 6.54 Å². The Morgan fingerprint density at radius 2 is 1.82 bits per heavy atom. The van der Waals surface area contributed by atoms with Gasteiger partial charge < -0.3 is 10.2 Å². The van der Waals surface area contributed by atoms with Crippen molar-refractivity contribution >= 4 is 18.0 Å². The predicted octanol–water partition coefficient (Wildman–Crippen LogP) is 1.70. The van der Waals surface area contributed by atoms with Crippen LogP contribution < -0.4 is 5.32 Å². The first-order valence-electron chi connectivity index (χ1n) is 7.71. The summed E-state index contributed by atoms with van der Waals surface area (Å²) in [5.74, 6) is -0.00347. The van der Waals surface area contributed by atoms with E-state index in [-0.39, 0.29) is 11.3 Å². The fourth-order valence-electron chi connectivity index (χ4n) is 2.67. The zero-order chi connectivity index (χ0) is 16.2. The number of benzene rings is 1. The Morgan fingerprint density at radius 3 is 2.41 bits per heavy atom. The van der Waals surface area contributed by atoms with E-state index in [4.69, 9.17) is 0 Å². The third-order valence-corrected chi connectivity index (χ3v) is 3.93. The quantitative estimate of drug-likeness (QED) is 0.861. The number of anilines is 1. The van der Waals surface area contributed by atoms with Crippen LogP contribution in [0.4, 0.5) is 5.69 Å². The molecule has 1 aromatic carbocycles. The third kappa shape index (κ3) is 4.31. The Hall–Kier alpha value is -1.88. The van der Waals surface area contributed by atoms with Crippen LogP contribution >= 0.6 is 0 Å². The highest BCUT2D eigenvalue weighted by atomic mass is 16.2. The van der Waals surface area contributed by atoms with Crippen molar-refractivity contribution in [1.29, 1.82) is 0 Å². The molecular formula is C17H25N3O2. The largest absolute Gasteiger partial charge is 0.343 e. The molecule has 22 heavy (non-hydrogen) atoms. The first-order chi connectivity index (χ1) is 10.4. The van der Waals surface area contributed by atoms with Crippen LogP contribution in [0.2, 0.25) is 0 Å². The van der Waals surface area contributed by atoms with Crippen LogP contribution in [0.3, 0.4) is 0 Å². The fourth-order valence-corrected chi connectivity index (χ4v) is 2.67. The van der Waals surface area contributed by atoms with Gasteiger partial charge in [0, 0.05) is 31.9 Å². The summed E-state index contributed by atoms with van der Waals surface area (Å²) >= 11 is 0. The summed E-state index contributed by atoms with van der Waals surface area (Å²) in [7, 11) is 0. The number of rotatable bonds is 4. The molecule has 120 valence electrons. The van der Waals surface area contributed by atoms with Gasteiger partial charge in [0.2, 0.25) is 12.3 Å². The summed E-state index contributed by atoms with van der Waals surface area (Å²) < 4.78 is 0. The van der Waals surface area contributed by atoms with Gasteiger partial charge in [0.15, 0.2) is 0 Å². The topological polar surface area (TPSA) is 52.7 Å². The summed E-state index contributed by atoms with van der Waals surface area (Å²) in [5, 5.41) is 3.03. The minimum absolute atomic E-state index is 0.00347. The van der Waals surface area contributed by atoms with Crippen LogP contribution in [0.15, 0.2) is 24.3 Å². The minimum Gasteiger partial charge on any atom is -0.343 e. The van der Waals surface area contributed by atoms with E-state index in [1.807, 2.05) is 18.2 Å². The molecule has 1 fully saturated rings. The molecule has 1 saturated heterocycles. The molecule has 0 bridgehead atoms. The number of carbonyl (C=O) groups excluding carboxylic acids is 2. The van der Waals surface area contributed by atoms with Crippen LogP contribution in [-0.4, -0.2) is 54.8 Å². The number of nitrogens with zero attached hydrogens (tertiary/aromatic N) is 2. The van der Waals surface area contributed by atoms with Gasteiger partial charge in [0.1, 0.15) is 0 Å². The number of hydrogen-bond acceptors (Lipinski definition) is 3. The molecular weight excluding hydrogens is 278 g/mol. The average molecular weight is 303 g/mol. The van der Waals surface area contributed by atoms with E-state index < -0.39 is 0 Å². The van der Waals surface area contributed by atoms with E-state index in [9.17, 15) is 9.59 Å². The molecule has 1 aliphatic rings. The summed E-state index contributed by atoms with van der Waals surface area (Å²) in [6.45, 7) is 9.64. The van der Waals surface area contributed by atoms with Gasteiger partial charge in [-0.1, -0.05) is 39.0 Å². The summed E-state index contributed by atoms with van der Waals surface area (Å²) in [6.07, 6.45) is 0.872. The summed E-state index contributed by atoms with van der Waals surface area (Å²) in [5.41, 5.74) is 2.00. The molecule has 1 aromatic rings. The van der Waals surface area contributed by atoms with Crippen LogP contribution in [0, 0.1) is 0 Å². The molecule has 0 radical (unpaired) electrons. The number of carbonyl (C=O) groups is 2. The van der Waals surface area contributed by atoms with Crippen molar-refractivity contribution in [2.75, 3.05) is 38.0 Å². The normalized spacial score (nSPS) is 16.4. The second kappa shape index (κ2) is 6.92.